The minimum Gasteiger partial charge on any atom is -0.343 e. The zero-order valence-electron chi connectivity index (χ0n) is 16.7. The first-order valence-corrected chi connectivity index (χ1v) is 11.1. The second-order valence-corrected chi connectivity index (χ2v) is 8.12. The van der Waals surface area contributed by atoms with Gasteiger partial charge in [-0.15, -0.1) is 0 Å². The summed E-state index contributed by atoms with van der Waals surface area (Å²) in [5.41, 5.74) is 3.11. The number of piperazine rings is 1. The van der Waals surface area contributed by atoms with Crippen LogP contribution < -0.4 is 5.32 Å². The van der Waals surface area contributed by atoms with Crippen molar-refractivity contribution in [1.82, 2.24) is 15.1 Å². The first-order valence-electron chi connectivity index (χ1n) is 10.1. The fourth-order valence-corrected chi connectivity index (χ4v) is 4.51. The topological polar surface area (TPSA) is 52.7 Å². The molecule has 1 aliphatic heterocycles. The highest BCUT2D eigenvalue weighted by Gasteiger charge is 2.28. The van der Waals surface area contributed by atoms with Crippen LogP contribution in [0.25, 0.3) is 0 Å². The van der Waals surface area contributed by atoms with E-state index in [1.807, 2.05) is 22.4 Å². The Kier molecular flexibility index (Phi) is 6.57. The summed E-state index contributed by atoms with van der Waals surface area (Å²) >= 11 is 1.47. The van der Waals surface area contributed by atoms with Crippen molar-refractivity contribution in [2.75, 3.05) is 32.7 Å². The van der Waals surface area contributed by atoms with E-state index in [4.69, 9.17) is 0 Å². The maximum Gasteiger partial charge on any atom is 0.252 e. The Morgan fingerprint density at radius 2 is 1.47 bits per heavy atom. The van der Waals surface area contributed by atoms with Gasteiger partial charge in [0.05, 0.1) is 12.6 Å². The van der Waals surface area contributed by atoms with Crippen LogP contribution in [-0.2, 0) is 4.79 Å². The van der Waals surface area contributed by atoms with Crippen LogP contribution in [0.2, 0.25) is 0 Å². The van der Waals surface area contributed by atoms with Crippen molar-refractivity contribution >= 4 is 23.2 Å². The monoisotopic (exact) mass is 419 g/mol. The van der Waals surface area contributed by atoms with E-state index in [0.29, 0.717) is 18.7 Å². The number of nitrogens with zero attached hydrogens (tertiary/aromatic N) is 2. The largest absolute Gasteiger partial charge is 0.343 e. The minimum atomic E-state index is -0.198. The van der Waals surface area contributed by atoms with E-state index in [9.17, 15) is 9.59 Å². The molecule has 0 spiro atoms. The summed E-state index contributed by atoms with van der Waals surface area (Å²) in [5, 5.41) is 6.37. The lowest BCUT2D eigenvalue weighted by molar-refractivity contribution is -0.132. The molecule has 1 fully saturated rings. The van der Waals surface area contributed by atoms with E-state index in [0.717, 1.165) is 13.1 Å². The molecular formula is C24H25N3O2S. The molecule has 1 N–H and O–H groups in total. The molecule has 3 aromatic rings. The zero-order valence-corrected chi connectivity index (χ0v) is 17.6. The Bertz CT molecular complexity index is 913. The van der Waals surface area contributed by atoms with Gasteiger partial charge >= 0.3 is 0 Å². The van der Waals surface area contributed by atoms with Gasteiger partial charge in [-0.05, 0) is 22.6 Å². The highest BCUT2D eigenvalue weighted by molar-refractivity contribution is 7.08. The number of nitrogens with one attached hydrogen (secondary N) is 1. The second-order valence-electron chi connectivity index (χ2n) is 7.34. The van der Waals surface area contributed by atoms with Gasteiger partial charge in [0, 0.05) is 37.1 Å². The fraction of sp³-hybridized carbons (Fsp3) is 0.250. The van der Waals surface area contributed by atoms with Gasteiger partial charge in [0.25, 0.3) is 5.91 Å². The quantitative estimate of drug-likeness (QED) is 0.666. The van der Waals surface area contributed by atoms with Crippen LogP contribution in [0.4, 0.5) is 0 Å². The van der Waals surface area contributed by atoms with Crippen molar-refractivity contribution in [2.24, 2.45) is 0 Å². The molecule has 0 radical (unpaired) electrons. The van der Waals surface area contributed by atoms with E-state index < -0.39 is 0 Å². The number of hydrogen-bond acceptors (Lipinski definition) is 4. The van der Waals surface area contributed by atoms with Crippen molar-refractivity contribution in [3.05, 3.63) is 94.2 Å². The molecule has 30 heavy (non-hydrogen) atoms. The number of amides is 2. The Labute approximate surface area is 180 Å². The smallest absolute Gasteiger partial charge is 0.252 e. The third kappa shape index (κ3) is 4.78. The molecule has 0 saturated carbocycles. The molecule has 2 aromatic carbocycles. The average molecular weight is 420 g/mol. The number of benzene rings is 2. The van der Waals surface area contributed by atoms with Crippen LogP contribution in [0.3, 0.4) is 0 Å². The maximum atomic E-state index is 12.6. The summed E-state index contributed by atoms with van der Waals surface area (Å²) in [4.78, 5) is 28.9. The van der Waals surface area contributed by atoms with Crippen molar-refractivity contribution in [1.29, 1.82) is 0 Å². The number of rotatable bonds is 6. The highest BCUT2D eigenvalue weighted by Crippen LogP contribution is 2.29. The third-order valence-electron chi connectivity index (χ3n) is 5.45. The molecule has 2 amide bonds. The molecule has 1 saturated heterocycles. The van der Waals surface area contributed by atoms with Crippen molar-refractivity contribution in [3.63, 3.8) is 0 Å². The molecule has 4 rings (SSSR count). The summed E-state index contributed by atoms with van der Waals surface area (Å²) < 4.78 is 0. The van der Waals surface area contributed by atoms with E-state index in [-0.39, 0.29) is 24.4 Å². The molecular weight excluding hydrogens is 394 g/mol. The van der Waals surface area contributed by atoms with Gasteiger partial charge in [-0.1, -0.05) is 60.7 Å². The summed E-state index contributed by atoms with van der Waals surface area (Å²) in [6.07, 6.45) is 0. The number of thiophene rings is 1. The van der Waals surface area contributed by atoms with E-state index in [1.54, 1.807) is 11.4 Å². The van der Waals surface area contributed by atoms with Gasteiger partial charge in [-0.2, -0.15) is 11.3 Å². The van der Waals surface area contributed by atoms with E-state index >= 15 is 0 Å². The van der Waals surface area contributed by atoms with Crippen LogP contribution in [0.15, 0.2) is 77.5 Å². The van der Waals surface area contributed by atoms with Crippen molar-refractivity contribution < 1.29 is 9.59 Å². The lowest BCUT2D eigenvalue weighted by Crippen LogP contribution is -2.52. The van der Waals surface area contributed by atoms with Crippen LogP contribution in [0.5, 0.6) is 0 Å². The number of carbonyl (C=O) groups excluding carboxylic acids is 2. The lowest BCUT2D eigenvalue weighted by atomic mass is 9.96. The SMILES string of the molecule is O=C(NCC(=O)N1CCN(C(c2ccccc2)c2ccccc2)CC1)c1ccsc1. The summed E-state index contributed by atoms with van der Waals surface area (Å²) in [6.45, 7) is 2.93. The molecule has 0 aliphatic carbocycles. The predicted molar refractivity (Wildman–Crippen MR) is 120 cm³/mol. The molecule has 0 unspecified atom stereocenters. The van der Waals surface area contributed by atoms with E-state index in [1.165, 1.54) is 22.5 Å². The van der Waals surface area contributed by atoms with Gasteiger partial charge < -0.3 is 10.2 Å². The first kappa shape index (κ1) is 20.3. The summed E-state index contributed by atoms with van der Waals surface area (Å²) in [5.74, 6) is -0.231. The van der Waals surface area contributed by atoms with Crippen LogP contribution >= 0.6 is 11.3 Å². The van der Waals surface area contributed by atoms with Gasteiger partial charge in [0.1, 0.15) is 0 Å². The van der Waals surface area contributed by atoms with Crippen LogP contribution in [-0.4, -0.2) is 54.3 Å². The molecule has 2 heterocycles. The molecule has 1 aliphatic rings. The number of hydrogen-bond donors (Lipinski definition) is 1. The number of carbonyl (C=O) groups is 2. The van der Waals surface area contributed by atoms with Crippen molar-refractivity contribution in [3.8, 4) is 0 Å². The predicted octanol–water partition coefficient (Wildman–Crippen LogP) is 3.41. The van der Waals surface area contributed by atoms with Crippen LogP contribution in [0, 0.1) is 0 Å². The Morgan fingerprint density at radius 3 is 2.00 bits per heavy atom. The second kappa shape index (κ2) is 9.69. The van der Waals surface area contributed by atoms with Gasteiger partial charge in [0.2, 0.25) is 5.91 Å². The van der Waals surface area contributed by atoms with E-state index in [2.05, 4.69) is 58.7 Å². The summed E-state index contributed by atoms with van der Waals surface area (Å²) in [7, 11) is 0. The highest BCUT2D eigenvalue weighted by atomic mass is 32.1. The molecule has 6 heteroatoms. The Hall–Kier alpha value is -2.96. The van der Waals surface area contributed by atoms with Gasteiger partial charge in [0.15, 0.2) is 0 Å². The molecule has 0 atom stereocenters. The van der Waals surface area contributed by atoms with Gasteiger partial charge in [-0.25, -0.2) is 0 Å². The normalized spacial score (nSPS) is 14.6. The first-order chi connectivity index (χ1) is 14.7. The van der Waals surface area contributed by atoms with Crippen LogP contribution in [0.1, 0.15) is 27.5 Å². The lowest BCUT2D eigenvalue weighted by Gasteiger charge is -2.39. The molecule has 5 nitrogen and oxygen atoms in total. The fourth-order valence-electron chi connectivity index (χ4n) is 3.88. The minimum absolute atomic E-state index is 0.0331. The van der Waals surface area contributed by atoms with Gasteiger partial charge in [-0.3, -0.25) is 14.5 Å². The molecule has 154 valence electrons. The molecule has 0 bridgehead atoms. The summed E-state index contributed by atoms with van der Waals surface area (Å²) in [6, 6.07) is 22.9. The average Bonchev–Trinajstić information content (AvgIpc) is 3.35. The maximum absolute atomic E-state index is 12.6. The Morgan fingerprint density at radius 1 is 0.867 bits per heavy atom. The zero-order chi connectivity index (χ0) is 20.8. The molecule has 1 aromatic heterocycles. The third-order valence-corrected chi connectivity index (χ3v) is 6.13. The Balaban J connectivity index is 1.37. The standard InChI is InChI=1S/C24H25N3O2S/c28-22(17-25-24(29)21-11-16-30-18-21)26-12-14-27(15-13-26)23(19-7-3-1-4-8-19)20-9-5-2-6-10-20/h1-11,16,18,23H,12-15,17H2,(H,25,29). The van der Waals surface area contributed by atoms with Crippen molar-refractivity contribution in [2.45, 2.75) is 6.04 Å².